The molecule has 5 atom stereocenters. The van der Waals surface area contributed by atoms with Crippen molar-refractivity contribution in [3.05, 3.63) is 59.2 Å². The zero-order valence-electron chi connectivity index (χ0n) is 26.6. The molecule has 5 aliphatic rings. The first-order valence-electron chi connectivity index (χ1n) is 16.5. The Morgan fingerprint density at radius 1 is 1.04 bits per heavy atom. The lowest BCUT2D eigenvalue weighted by Crippen LogP contribution is -2.79. The number of carbonyl (C=O) groups is 3. The van der Waals surface area contributed by atoms with Crippen LogP contribution in [0.4, 0.5) is 0 Å². The zero-order chi connectivity index (χ0) is 31.5. The molecule has 3 aliphatic carbocycles. The highest BCUT2D eigenvalue weighted by Gasteiger charge is 2.76. The topological polar surface area (TPSA) is 85.4 Å². The first-order valence-corrected chi connectivity index (χ1v) is 16.5. The fourth-order valence-electron chi connectivity index (χ4n) is 8.92. The fraction of sp³-hybridized carbons (Fsp3) is 0.541. The van der Waals surface area contributed by atoms with Crippen molar-refractivity contribution in [2.75, 3.05) is 19.6 Å². The normalized spacial score (nSPS) is 29.1. The van der Waals surface area contributed by atoms with Gasteiger partial charge < -0.3 is 19.1 Å². The minimum Gasteiger partial charge on any atom is -0.483 e. The van der Waals surface area contributed by atoms with Crippen LogP contribution in [0.3, 0.4) is 0 Å². The van der Waals surface area contributed by atoms with Gasteiger partial charge in [0.2, 0.25) is 0 Å². The Balaban J connectivity index is 1.37. The number of amides is 1. The van der Waals surface area contributed by atoms with Gasteiger partial charge in [0.1, 0.15) is 11.7 Å². The van der Waals surface area contributed by atoms with E-state index in [1.54, 1.807) is 0 Å². The smallest absolute Gasteiger partial charge is 0.308 e. The molecule has 0 aromatic heterocycles. The molecule has 2 aromatic rings. The molecule has 2 heterocycles. The summed E-state index contributed by atoms with van der Waals surface area (Å²) in [5.41, 5.74) is 1.38. The molecule has 1 amide bonds. The third-order valence-corrected chi connectivity index (χ3v) is 10.6. The number of nitrogens with zero attached hydrogens (tertiary/aromatic N) is 2. The number of ether oxygens (including phenoxy) is 3. The maximum atomic E-state index is 14.0. The summed E-state index contributed by atoms with van der Waals surface area (Å²) in [4.78, 5) is 43.7. The summed E-state index contributed by atoms with van der Waals surface area (Å²) >= 11 is 0. The van der Waals surface area contributed by atoms with E-state index in [1.807, 2.05) is 41.3 Å². The molecular weight excluding hydrogens is 568 g/mol. The van der Waals surface area contributed by atoms with Gasteiger partial charge in [0.25, 0.3) is 5.91 Å². The van der Waals surface area contributed by atoms with Crippen LogP contribution in [0.1, 0.15) is 76.5 Å². The Labute approximate surface area is 265 Å². The summed E-state index contributed by atoms with van der Waals surface area (Å²) in [6.45, 7) is 9.45. The third kappa shape index (κ3) is 4.91. The van der Waals surface area contributed by atoms with Gasteiger partial charge in [-0.1, -0.05) is 44.0 Å². The molecule has 3 fully saturated rings. The molecule has 8 nitrogen and oxygen atoms in total. The van der Waals surface area contributed by atoms with E-state index in [0.29, 0.717) is 43.2 Å². The minimum absolute atomic E-state index is 0.00653. The number of benzene rings is 2. The zero-order valence-corrected chi connectivity index (χ0v) is 26.6. The van der Waals surface area contributed by atoms with Crippen LogP contribution >= 0.6 is 0 Å². The lowest BCUT2D eigenvalue weighted by molar-refractivity contribution is -0.224. The van der Waals surface area contributed by atoms with E-state index < -0.39 is 23.1 Å². The Morgan fingerprint density at radius 3 is 2.51 bits per heavy atom. The van der Waals surface area contributed by atoms with Crippen LogP contribution in [0.25, 0.3) is 0 Å². The molecule has 2 aromatic carbocycles. The van der Waals surface area contributed by atoms with Crippen molar-refractivity contribution in [3.8, 4) is 23.3 Å². The molecule has 1 spiro atoms. The molecule has 1 saturated heterocycles. The fourth-order valence-corrected chi connectivity index (χ4v) is 8.92. The van der Waals surface area contributed by atoms with Crippen LogP contribution < -0.4 is 9.47 Å². The monoisotopic (exact) mass is 610 g/mol. The summed E-state index contributed by atoms with van der Waals surface area (Å²) in [7, 11) is 0. The molecule has 2 bridgehead atoms. The molecular formula is C37H42N2O6. The Hall–Kier alpha value is -3.83. The van der Waals surface area contributed by atoms with Crippen molar-refractivity contribution in [2.45, 2.75) is 95.4 Å². The highest BCUT2D eigenvalue weighted by atomic mass is 16.6. The number of likely N-dealkylation sites (tertiary alicyclic amines) is 1. The van der Waals surface area contributed by atoms with Gasteiger partial charge in [-0.3, -0.25) is 19.3 Å². The van der Waals surface area contributed by atoms with Crippen molar-refractivity contribution in [3.63, 3.8) is 0 Å². The number of piperidine rings is 1. The molecule has 8 heteroatoms. The van der Waals surface area contributed by atoms with E-state index in [1.165, 1.54) is 26.7 Å². The van der Waals surface area contributed by atoms with Crippen molar-refractivity contribution >= 4 is 17.8 Å². The number of hydrogen-bond donors (Lipinski definition) is 0. The summed E-state index contributed by atoms with van der Waals surface area (Å²) < 4.78 is 19.4. The predicted molar refractivity (Wildman–Crippen MR) is 168 cm³/mol. The maximum absolute atomic E-state index is 14.0. The van der Waals surface area contributed by atoms with Gasteiger partial charge in [-0.25, -0.2) is 0 Å². The highest BCUT2D eigenvalue weighted by Crippen LogP contribution is 2.67. The van der Waals surface area contributed by atoms with E-state index in [9.17, 15) is 14.4 Å². The molecule has 236 valence electrons. The van der Waals surface area contributed by atoms with E-state index in [0.717, 1.165) is 36.2 Å². The minimum atomic E-state index is -0.831. The van der Waals surface area contributed by atoms with Crippen molar-refractivity contribution in [1.82, 2.24) is 9.80 Å². The SMILES string of the molecule is CC(=O)Oc1ccc2c3c1O[C@H]1[C@H](N(CC(C)C)C(=O)C#Cc4ccccc4)CC[C@@]4(OC(C)=O)[C@@H](C2)N(CC2CC2)CC[C@]314. The van der Waals surface area contributed by atoms with Crippen molar-refractivity contribution in [2.24, 2.45) is 11.8 Å². The lowest BCUT2D eigenvalue weighted by Gasteiger charge is -2.65. The van der Waals surface area contributed by atoms with Crippen LogP contribution in [0, 0.1) is 23.7 Å². The number of hydrogen-bond acceptors (Lipinski definition) is 7. The molecule has 45 heavy (non-hydrogen) atoms. The standard InChI is InChI=1S/C37H42N2O6/c1-23(2)21-39(32(42)15-12-26-8-6-5-7-9-26)29-16-17-37(45-25(4)41)31-20-28-13-14-30(43-24(3)40)34-33(28)36(37,35(29)44-34)18-19-38(31)22-27-10-11-27/h5-9,13-14,23,27,29,31,35H,10-11,16-22H2,1-4H3/t29-,31-,35+,36+,37-/m1/s1. The van der Waals surface area contributed by atoms with E-state index >= 15 is 0 Å². The van der Waals surface area contributed by atoms with E-state index in [-0.39, 0.29) is 29.9 Å². The Morgan fingerprint density at radius 2 is 1.82 bits per heavy atom. The van der Waals surface area contributed by atoms with Gasteiger partial charge in [0, 0.05) is 44.0 Å². The van der Waals surface area contributed by atoms with Gasteiger partial charge in [-0.2, -0.15) is 0 Å². The average molecular weight is 611 g/mol. The molecule has 2 aliphatic heterocycles. The first-order chi connectivity index (χ1) is 21.6. The molecule has 0 N–H and O–H groups in total. The summed E-state index contributed by atoms with van der Waals surface area (Å²) in [5.74, 6) is 6.83. The number of esters is 2. The number of carbonyl (C=O) groups excluding carboxylic acids is 3. The molecule has 2 saturated carbocycles. The number of rotatable bonds is 7. The van der Waals surface area contributed by atoms with Gasteiger partial charge in [0.15, 0.2) is 11.5 Å². The van der Waals surface area contributed by atoms with Gasteiger partial charge >= 0.3 is 11.9 Å². The average Bonchev–Trinajstić information content (AvgIpc) is 3.74. The predicted octanol–water partition coefficient (Wildman–Crippen LogP) is 4.65. The third-order valence-electron chi connectivity index (χ3n) is 10.6. The van der Waals surface area contributed by atoms with Gasteiger partial charge in [-0.15, -0.1) is 0 Å². The van der Waals surface area contributed by atoms with Crippen molar-refractivity contribution in [1.29, 1.82) is 0 Å². The second kappa shape index (κ2) is 11.2. The highest BCUT2D eigenvalue weighted by molar-refractivity contribution is 5.94. The van der Waals surface area contributed by atoms with Crippen LogP contribution in [0.5, 0.6) is 11.5 Å². The first kappa shape index (κ1) is 29.9. The van der Waals surface area contributed by atoms with E-state index in [4.69, 9.17) is 14.2 Å². The van der Waals surface area contributed by atoms with Crippen LogP contribution in [0.15, 0.2) is 42.5 Å². The molecule has 0 radical (unpaired) electrons. The second-order valence-corrected chi connectivity index (χ2v) is 14.0. The van der Waals surface area contributed by atoms with Crippen LogP contribution in [0.2, 0.25) is 0 Å². The van der Waals surface area contributed by atoms with Crippen molar-refractivity contribution < 1.29 is 28.6 Å². The second-order valence-electron chi connectivity index (χ2n) is 14.0. The van der Waals surface area contributed by atoms with Gasteiger partial charge in [-0.05, 0) is 80.7 Å². The largest absolute Gasteiger partial charge is 0.483 e. The quantitative estimate of drug-likeness (QED) is 0.256. The summed E-state index contributed by atoms with van der Waals surface area (Å²) in [6.07, 6.45) is 4.63. The van der Waals surface area contributed by atoms with Crippen LogP contribution in [-0.4, -0.2) is 71.1 Å². The van der Waals surface area contributed by atoms with Gasteiger partial charge in [0.05, 0.1) is 17.5 Å². The Bertz CT molecular complexity index is 1590. The lowest BCUT2D eigenvalue weighted by atomic mass is 9.48. The molecule has 0 unspecified atom stereocenters. The van der Waals surface area contributed by atoms with Crippen LogP contribution in [-0.2, 0) is 31.0 Å². The summed E-state index contributed by atoms with van der Waals surface area (Å²) in [6, 6.07) is 13.1. The summed E-state index contributed by atoms with van der Waals surface area (Å²) in [5, 5.41) is 0. The maximum Gasteiger partial charge on any atom is 0.308 e. The molecule has 7 rings (SSSR count). The Kier molecular flexibility index (Phi) is 7.43. The van der Waals surface area contributed by atoms with E-state index in [2.05, 4.69) is 36.7 Å².